The van der Waals surface area contributed by atoms with Gasteiger partial charge < -0.3 is 19.5 Å². The van der Waals surface area contributed by atoms with Crippen molar-refractivity contribution in [3.8, 4) is 23.5 Å². The zero-order chi connectivity index (χ0) is 27.1. The lowest BCUT2D eigenvalue weighted by Gasteiger charge is -2.39. The molecule has 2 aromatic carbocycles. The second-order valence-electron chi connectivity index (χ2n) is 9.36. The summed E-state index contributed by atoms with van der Waals surface area (Å²) in [5, 5.41) is 13.6. The third-order valence-electron chi connectivity index (χ3n) is 6.66. The molecule has 1 aliphatic rings. The number of hydrogen-bond donors (Lipinski definition) is 2. The van der Waals surface area contributed by atoms with Crippen LogP contribution in [0, 0.1) is 17.6 Å². The predicted octanol–water partition coefficient (Wildman–Crippen LogP) is 5.92. The topological polar surface area (TPSA) is 110 Å². The number of rotatable bonds is 9. The van der Waals surface area contributed by atoms with E-state index in [0.29, 0.717) is 31.8 Å². The number of amides is 2. The highest BCUT2D eigenvalue weighted by atomic mass is 19.1. The van der Waals surface area contributed by atoms with Gasteiger partial charge in [-0.1, -0.05) is 26.7 Å². The summed E-state index contributed by atoms with van der Waals surface area (Å²) >= 11 is 0. The number of ether oxygens (including phenoxy) is 2. The maximum atomic E-state index is 13.3. The first-order chi connectivity index (χ1) is 18.2. The highest BCUT2D eigenvalue weighted by Crippen LogP contribution is 2.32. The van der Waals surface area contributed by atoms with Crippen molar-refractivity contribution in [2.45, 2.75) is 51.6 Å². The summed E-state index contributed by atoms with van der Waals surface area (Å²) in [5.41, 5.74) is -0.785. The van der Waals surface area contributed by atoms with Crippen molar-refractivity contribution in [1.29, 1.82) is 0 Å². The van der Waals surface area contributed by atoms with Crippen LogP contribution in [-0.4, -0.2) is 49.7 Å². The van der Waals surface area contributed by atoms with Crippen LogP contribution in [0.25, 0.3) is 0 Å². The normalized spacial score (nSPS) is 14.8. The van der Waals surface area contributed by atoms with Crippen molar-refractivity contribution < 1.29 is 28.2 Å². The highest BCUT2D eigenvalue weighted by Gasteiger charge is 2.35. The molecule has 0 aliphatic carbocycles. The van der Waals surface area contributed by atoms with Crippen LogP contribution in [0.2, 0.25) is 0 Å². The molecule has 0 bridgehead atoms. The number of aliphatic hydroxyl groups is 1. The van der Waals surface area contributed by atoms with Gasteiger partial charge in [0.25, 0.3) is 0 Å². The zero-order valence-electron chi connectivity index (χ0n) is 21.4. The van der Waals surface area contributed by atoms with Gasteiger partial charge in [0, 0.05) is 13.1 Å². The van der Waals surface area contributed by atoms with E-state index in [-0.39, 0.29) is 29.5 Å². The summed E-state index contributed by atoms with van der Waals surface area (Å²) in [4.78, 5) is 27.0. The van der Waals surface area contributed by atoms with Gasteiger partial charge in [0.1, 0.15) is 23.1 Å². The lowest BCUT2D eigenvalue weighted by molar-refractivity contribution is -0.0309. The Balaban J connectivity index is 1.48. The molecule has 4 rings (SSSR count). The van der Waals surface area contributed by atoms with Crippen LogP contribution in [0.4, 0.5) is 19.5 Å². The number of hydrogen-bond acceptors (Lipinski definition) is 7. The number of carbonyl (C=O) groups is 1. The minimum absolute atomic E-state index is 0.128. The van der Waals surface area contributed by atoms with Gasteiger partial charge in [0.05, 0.1) is 5.60 Å². The van der Waals surface area contributed by atoms with E-state index in [0.717, 1.165) is 19.3 Å². The Bertz CT molecular complexity index is 1150. The largest absolute Gasteiger partial charge is 0.424 e. The monoisotopic (exact) mass is 527 g/mol. The van der Waals surface area contributed by atoms with Gasteiger partial charge in [-0.2, -0.15) is 9.97 Å². The summed E-state index contributed by atoms with van der Waals surface area (Å²) in [6.45, 7) is 5.00. The van der Waals surface area contributed by atoms with Gasteiger partial charge in [-0.05, 0) is 73.7 Å². The van der Waals surface area contributed by atoms with Crippen molar-refractivity contribution in [3.63, 3.8) is 0 Å². The maximum absolute atomic E-state index is 13.3. The standard InChI is InChI=1S/C27H31F2N5O4/c1-3-18(4-2)17-27(36)13-15-34(16-14-27)26(35)32-23-30-24(37-21-9-5-19(28)6-10-21)33-25(31-23)38-22-11-7-20(29)8-12-22/h5-12,18,36H,3-4,13-17H2,1-2H3,(H,30,31,32,33,35). The Morgan fingerprint density at radius 2 is 1.39 bits per heavy atom. The van der Waals surface area contributed by atoms with Gasteiger partial charge in [-0.3, -0.25) is 5.32 Å². The molecule has 11 heteroatoms. The SMILES string of the molecule is CCC(CC)CC1(O)CCN(C(=O)Nc2nc(Oc3ccc(F)cc3)nc(Oc3ccc(F)cc3)n2)CC1. The third-order valence-corrected chi connectivity index (χ3v) is 6.66. The molecular weight excluding hydrogens is 496 g/mol. The fraction of sp³-hybridized carbons (Fsp3) is 0.407. The van der Waals surface area contributed by atoms with Crippen molar-refractivity contribution in [3.05, 3.63) is 60.2 Å². The minimum Gasteiger partial charge on any atom is -0.424 e. The number of benzene rings is 2. The lowest BCUT2D eigenvalue weighted by atomic mass is 9.81. The van der Waals surface area contributed by atoms with Crippen LogP contribution in [0.15, 0.2) is 48.5 Å². The zero-order valence-corrected chi connectivity index (χ0v) is 21.4. The molecule has 0 unspecified atom stereocenters. The summed E-state index contributed by atoms with van der Waals surface area (Å²) in [5.74, 6) is -0.0308. The van der Waals surface area contributed by atoms with Crippen molar-refractivity contribution >= 4 is 12.0 Å². The van der Waals surface area contributed by atoms with E-state index in [2.05, 4.69) is 34.1 Å². The van der Waals surface area contributed by atoms with Crippen LogP contribution in [0.3, 0.4) is 0 Å². The third kappa shape index (κ3) is 7.34. The molecule has 0 saturated carbocycles. The molecule has 1 aromatic heterocycles. The Labute approximate surface area is 219 Å². The fourth-order valence-electron chi connectivity index (χ4n) is 4.32. The quantitative estimate of drug-likeness (QED) is 0.355. The molecule has 1 fully saturated rings. The van der Waals surface area contributed by atoms with Crippen molar-refractivity contribution in [2.24, 2.45) is 5.92 Å². The van der Waals surface area contributed by atoms with E-state index < -0.39 is 23.3 Å². The number of halogens is 2. The van der Waals surface area contributed by atoms with Crippen LogP contribution in [-0.2, 0) is 0 Å². The molecule has 3 aromatic rings. The Kier molecular flexibility index (Phi) is 8.67. The molecule has 0 spiro atoms. The minimum atomic E-state index is -0.785. The number of anilines is 1. The van der Waals surface area contributed by atoms with Crippen LogP contribution in [0.1, 0.15) is 46.0 Å². The second-order valence-corrected chi connectivity index (χ2v) is 9.36. The number of likely N-dealkylation sites (tertiary alicyclic amines) is 1. The second kappa shape index (κ2) is 12.1. The van der Waals surface area contributed by atoms with E-state index in [1.807, 2.05) is 0 Å². The summed E-state index contributed by atoms with van der Waals surface area (Å²) in [7, 11) is 0. The summed E-state index contributed by atoms with van der Waals surface area (Å²) in [6, 6.07) is 9.62. The molecule has 38 heavy (non-hydrogen) atoms. The number of nitrogens with one attached hydrogen (secondary N) is 1. The lowest BCUT2D eigenvalue weighted by Crippen LogP contribution is -2.48. The average Bonchev–Trinajstić information content (AvgIpc) is 2.90. The Morgan fingerprint density at radius 1 is 0.921 bits per heavy atom. The van der Waals surface area contributed by atoms with Gasteiger partial charge in [-0.25, -0.2) is 13.6 Å². The smallest absolute Gasteiger partial charge is 0.330 e. The Morgan fingerprint density at radius 3 is 1.84 bits per heavy atom. The van der Waals surface area contributed by atoms with Crippen molar-refractivity contribution in [1.82, 2.24) is 19.9 Å². The van der Waals surface area contributed by atoms with E-state index >= 15 is 0 Å². The molecule has 202 valence electrons. The first-order valence-electron chi connectivity index (χ1n) is 12.7. The molecule has 9 nitrogen and oxygen atoms in total. The van der Waals surface area contributed by atoms with Crippen LogP contribution in [0.5, 0.6) is 23.5 Å². The summed E-state index contributed by atoms with van der Waals surface area (Å²) in [6.07, 6.45) is 3.69. The molecule has 0 atom stereocenters. The number of urea groups is 1. The van der Waals surface area contributed by atoms with E-state index in [9.17, 15) is 18.7 Å². The first kappa shape index (κ1) is 27.2. The molecule has 0 radical (unpaired) electrons. The van der Waals surface area contributed by atoms with Gasteiger partial charge in [0.2, 0.25) is 5.95 Å². The number of nitrogens with zero attached hydrogens (tertiary/aromatic N) is 4. The Hall–Kier alpha value is -3.86. The molecular formula is C27H31F2N5O4. The molecule has 1 saturated heterocycles. The van der Waals surface area contributed by atoms with E-state index in [1.165, 1.54) is 48.5 Å². The van der Waals surface area contributed by atoms with Crippen LogP contribution >= 0.6 is 0 Å². The van der Waals surface area contributed by atoms with E-state index in [1.54, 1.807) is 4.90 Å². The molecule has 2 N–H and O–H groups in total. The van der Waals surface area contributed by atoms with Crippen LogP contribution < -0.4 is 14.8 Å². The molecule has 2 heterocycles. The van der Waals surface area contributed by atoms with Gasteiger partial charge in [-0.15, -0.1) is 4.98 Å². The van der Waals surface area contributed by atoms with E-state index in [4.69, 9.17) is 9.47 Å². The van der Waals surface area contributed by atoms with Gasteiger partial charge in [0.15, 0.2) is 0 Å². The fourth-order valence-corrected chi connectivity index (χ4v) is 4.32. The molecule has 1 aliphatic heterocycles. The number of piperidine rings is 1. The summed E-state index contributed by atoms with van der Waals surface area (Å²) < 4.78 is 37.8. The maximum Gasteiger partial charge on any atom is 0.330 e. The van der Waals surface area contributed by atoms with Gasteiger partial charge >= 0.3 is 18.1 Å². The van der Waals surface area contributed by atoms with Crippen molar-refractivity contribution in [2.75, 3.05) is 18.4 Å². The average molecular weight is 528 g/mol. The first-order valence-corrected chi connectivity index (χ1v) is 12.7. The number of carbonyl (C=O) groups excluding carboxylic acids is 1. The predicted molar refractivity (Wildman–Crippen MR) is 136 cm³/mol. The highest BCUT2D eigenvalue weighted by molar-refractivity contribution is 5.87. The molecule has 2 amide bonds. The number of aromatic nitrogens is 3.